The molecule has 142 valence electrons. The second kappa shape index (κ2) is 9.88. The lowest BCUT2D eigenvalue weighted by molar-refractivity contribution is -0.116. The van der Waals surface area contributed by atoms with Gasteiger partial charge in [0.1, 0.15) is 0 Å². The number of carbonyl (C=O) groups is 1. The second-order valence-electron chi connectivity index (χ2n) is 5.94. The molecule has 1 heterocycles. The van der Waals surface area contributed by atoms with Crippen molar-refractivity contribution in [3.8, 4) is 6.07 Å². The van der Waals surface area contributed by atoms with Crippen molar-refractivity contribution in [3.05, 3.63) is 60.2 Å². The highest BCUT2D eigenvalue weighted by molar-refractivity contribution is 8.01. The van der Waals surface area contributed by atoms with E-state index in [-0.39, 0.29) is 18.1 Å². The molecule has 0 bridgehead atoms. The van der Waals surface area contributed by atoms with E-state index in [9.17, 15) is 4.79 Å². The van der Waals surface area contributed by atoms with Crippen LogP contribution in [0.25, 0.3) is 0 Å². The fourth-order valence-electron chi connectivity index (χ4n) is 2.45. The zero-order valence-corrected chi connectivity index (χ0v) is 17.0. The maximum Gasteiger partial charge on any atom is 0.237 e. The predicted molar refractivity (Wildman–Crippen MR) is 114 cm³/mol. The number of para-hydroxylation sites is 1. The first-order valence-electron chi connectivity index (χ1n) is 8.68. The van der Waals surface area contributed by atoms with Gasteiger partial charge in [-0.05, 0) is 31.2 Å². The number of rotatable bonds is 8. The van der Waals surface area contributed by atoms with Crippen LogP contribution in [0.2, 0.25) is 0 Å². The Kier molecular flexibility index (Phi) is 7.00. The van der Waals surface area contributed by atoms with E-state index in [2.05, 4.69) is 21.6 Å². The number of anilines is 3. The van der Waals surface area contributed by atoms with Gasteiger partial charge in [0.2, 0.25) is 11.0 Å². The van der Waals surface area contributed by atoms with Gasteiger partial charge in [0.05, 0.1) is 18.2 Å². The number of aromatic nitrogens is 2. The average Bonchev–Trinajstić information content (AvgIpc) is 3.16. The van der Waals surface area contributed by atoms with Crippen LogP contribution >= 0.6 is 23.1 Å². The van der Waals surface area contributed by atoms with Crippen molar-refractivity contribution in [2.75, 3.05) is 22.5 Å². The zero-order chi connectivity index (χ0) is 19.8. The molecule has 0 atom stereocenters. The van der Waals surface area contributed by atoms with E-state index < -0.39 is 0 Å². The van der Waals surface area contributed by atoms with Gasteiger partial charge in [-0.15, -0.1) is 10.2 Å². The monoisotopic (exact) mass is 409 g/mol. The molecule has 3 aromatic rings. The Labute approximate surface area is 172 Å². The van der Waals surface area contributed by atoms with Gasteiger partial charge in [-0.2, -0.15) is 5.26 Å². The summed E-state index contributed by atoms with van der Waals surface area (Å²) >= 11 is 2.76. The van der Waals surface area contributed by atoms with E-state index in [0.29, 0.717) is 11.7 Å². The van der Waals surface area contributed by atoms with Crippen molar-refractivity contribution < 1.29 is 4.79 Å². The van der Waals surface area contributed by atoms with E-state index in [1.807, 2.05) is 61.5 Å². The van der Waals surface area contributed by atoms with Crippen LogP contribution in [0.4, 0.5) is 16.5 Å². The third-order valence-corrected chi connectivity index (χ3v) is 5.80. The molecule has 1 N–H and O–H groups in total. The molecule has 0 aliphatic heterocycles. The summed E-state index contributed by atoms with van der Waals surface area (Å²) in [7, 11) is 0. The molecule has 1 aromatic heterocycles. The minimum atomic E-state index is -0.0605. The summed E-state index contributed by atoms with van der Waals surface area (Å²) in [6, 6.07) is 19.5. The summed E-state index contributed by atoms with van der Waals surface area (Å²) in [6.45, 7) is 2.41. The zero-order valence-electron chi connectivity index (χ0n) is 15.3. The molecule has 28 heavy (non-hydrogen) atoms. The van der Waals surface area contributed by atoms with Crippen molar-refractivity contribution >= 4 is 45.5 Å². The van der Waals surface area contributed by atoms with Crippen LogP contribution in [0.3, 0.4) is 0 Å². The van der Waals surface area contributed by atoms with E-state index in [1.54, 1.807) is 4.90 Å². The highest BCUT2D eigenvalue weighted by atomic mass is 32.2. The predicted octanol–water partition coefficient (Wildman–Crippen LogP) is 4.63. The number of benzene rings is 2. The standard InChI is InChI=1S/C20H19N5OS2/c1-15-8-10-16(11-9-15)22-19-23-24-20(28-19)27-14-18(26)25(13-5-12-21)17-6-3-2-4-7-17/h2-4,6-11H,5,13-14H2,1H3,(H,22,23). The Morgan fingerprint density at radius 2 is 1.93 bits per heavy atom. The van der Waals surface area contributed by atoms with Gasteiger partial charge in [0.25, 0.3) is 0 Å². The molecule has 0 fully saturated rings. The number of aryl methyl sites for hydroxylation is 1. The van der Waals surface area contributed by atoms with Crippen molar-refractivity contribution in [1.29, 1.82) is 5.26 Å². The molecule has 0 saturated carbocycles. The lowest BCUT2D eigenvalue weighted by Gasteiger charge is -2.21. The molecule has 0 spiro atoms. The van der Waals surface area contributed by atoms with Crippen LogP contribution in [-0.2, 0) is 4.79 Å². The first-order chi connectivity index (χ1) is 13.7. The molecular formula is C20H19N5OS2. The summed E-state index contributed by atoms with van der Waals surface area (Å²) in [5, 5.41) is 21.0. The summed E-state index contributed by atoms with van der Waals surface area (Å²) < 4.78 is 0.719. The summed E-state index contributed by atoms with van der Waals surface area (Å²) in [4.78, 5) is 14.3. The highest BCUT2D eigenvalue weighted by Crippen LogP contribution is 2.28. The van der Waals surface area contributed by atoms with Gasteiger partial charge in [-0.3, -0.25) is 4.79 Å². The Balaban J connectivity index is 1.59. The molecule has 6 nitrogen and oxygen atoms in total. The number of hydrogen-bond acceptors (Lipinski definition) is 7. The molecular weight excluding hydrogens is 390 g/mol. The molecule has 0 radical (unpaired) electrons. The van der Waals surface area contributed by atoms with Crippen LogP contribution in [0.15, 0.2) is 58.9 Å². The van der Waals surface area contributed by atoms with Crippen molar-refractivity contribution in [1.82, 2.24) is 10.2 Å². The largest absolute Gasteiger partial charge is 0.330 e. The third-order valence-electron chi connectivity index (χ3n) is 3.84. The molecule has 0 saturated heterocycles. The maximum atomic E-state index is 12.7. The normalized spacial score (nSPS) is 10.3. The number of carbonyl (C=O) groups excluding carboxylic acids is 1. The quantitative estimate of drug-likeness (QED) is 0.546. The van der Waals surface area contributed by atoms with Crippen molar-refractivity contribution in [2.24, 2.45) is 0 Å². The summed E-state index contributed by atoms with van der Waals surface area (Å²) in [5.41, 5.74) is 2.93. The lowest BCUT2D eigenvalue weighted by Crippen LogP contribution is -2.33. The van der Waals surface area contributed by atoms with Crippen LogP contribution < -0.4 is 10.2 Å². The number of nitrogens with zero attached hydrogens (tertiary/aromatic N) is 4. The maximum absolute atomic E-state index is 12.7. The molecule has 1 amide bonds. The van der Waals surface area contributed by atoms with E-state index >= 15 is 0 Å². The third kappa shape index (κ3) is 5.55. The number of thioether (sulfide) groups is 1. The molecule has 0 aliphatic carbocycles. The second-order valence-corrected chi connectivity index (χ2v) is 8.14. The van der Waals surface area contributed by atoms with Gasteiger partial charge in [-0.1, -0.05) is 59.0 Å². The van der Waals surface area contributed by atoms with Crippen molar-refractivity contribution in [3.63, 3.8) is 0 Å². The first kappa shape index (κ1) is 19.9. The SMILES string of the molecule is Cc1ccc(Nc2nnc(SCC(=O)N(CCC#N)c3ccccc3)s2)cc1. The van der Waals surface area contributed by atoms with E-state index in [1.165, 1.54) is 28.7 Å². The molecule has 2 aromatic carbocycles. The topological polar surface area (TPSA) is 81.9 Å². The minimum absolute atomic E-state index is 0.0605. The average molecular weight is 410 g/mol. The van der Waals surface area contributed by atoms with Gasteiger partial charge in [-0.25, -0.2) is 0 Å². The van der Waals surface area contributed by atoms with Gasteiger partial charge in [0, 0.05) is 17.9 Å². The van der Waals surface area contributed by atoms with Crippen LogP contribution in [0, 0.1) is 18.3 Å². The smallest absolute Gasteiger partial charge is 0.237 e. The molecule has 3 rings (SSSR count). The van der Waals surface area contributed by atoms with Gasteiger partial charge >= 0.3 is 0 Å². The number of nitriles is 1. The Morgan fingerprint density at radius 1 is 1.18 bits per heavy atom. The lowest BCUT2D eigenvalue weighted by atomic mass is 10.2. The van der Waals surface area contributed by atoms with E-state index in [0.717, 1.165) is 15.7 Å². The fraction of sp³-hybridized carbons (Fsp3) is 0.200. The van der Waals surface area contributed by atoms with Crippen molar-refractivity contribution in [2.45, 2.75) is 17.7 Å². The van der Waals surface area contributed by atoms with E-state index in [4.69, 9.17) is 5.26 Å². The highest BCUT2D eigenvalue weighted by Gasteiger charge is 2.17. The number of amides is 1. The summed E-state index contributed by atoms with van der Waals surface area (Å²) in [5.74, 6) is 0.175. The molecule has 0 unspecified atom stereocenters. The Morgan fingerprint density at radius 3 is 2.64 bits per heavy atom. The van der Waals surface area contributed by atoms with Gasteiger partial charge < -0.3 is 10.2 Å². The van der Waals surface area contributed by atoms with Crippen LogP contribution in [-0.4, -0.2) is 28.4 Å². The van der Waals surface area contributed by atoms with Gasteiger partial charge in [0.15, 0.2) is 4.34 Å². The minimum Gasteiger partial charge on any atom is -0.330 e. The van der Waals surface area contributed by atoms with Crippen LogP contribution in [0.5, 0.6) is 0 Å². The Bertz CT molecular complexity index is 951. The fourth-order valence-corrected chi connectivity index (χ4v) is 4.10. The number of nitrogens with one attached hydrogen (secondary N) is 1. The molecule has 8 heteroatoms. The number of hydrogen-bond donors (Lipinski definition) is 1. The van der Waals surface area contributed by atoms with Crippen LogP contribution in [0.1, 0.15) is 12.0 Å². The first-order valence-corrected chi connectivity index (χ1v) is 10.5. The Hall–Kier alpha value is -2.89. The molecule has 0 aliphatic rings. The summed E-state index contributed by atoms with van der Waals surface area (Å²) in [6.07, 6.45) is 0.286.